The molecule has 1 N–H and O–H groups in total. The van der Waals surface area contributed by atoms with Crippen molar-refractivity contribution >= 4 is 0 Å². The lowest BCUT2D eigenvalue weighted by molar-refractivity contribution is 0.410. The average Bonchev–Trinajstić information content (AvgIpc) is 3.00. The van der Waals surface area contributed by atoms with Gasteiger partial charge in [0.05, 0.1) is 11.6 Å². The molecule has 3 nitrogen and oxygen atoms in total. The van der Waals surface area contributed by atoms with Gasteiger partial charge >= 0.3 is 0 Å². The summed E-state index contributed by atoms with van der Waals surface area (Å²) in [6, 6.07) is 7.06. The molecule has 1 aliphatic rings. The largest absolute Gasteiger partial charge is 0.356 e. The summed E-state index contributed by atoms with van der Waals surface area (Å²) in [6.45, 7) is 2.93. The first kappa shape index (κ1) is 11.4. The molecule has 0 amide bonds. The van der Waals surface area contributed by atoms with Crippen LogP contribution in [0.15, 0.2) is 28.8 Å². The summed E-state index contributed by atoms with van der Waals surface area (Å²) in [6.07, 6.45) is 2.20. The number of rotatable bonds is 2. The summed E-state index contributed by atoms with van der Waals surface area (Å²) in [7, 11) is 0. The zero-order chi connectivity index (χ0) is 12.5. The molecule has 0 bridgehead atoms. The highest BCUT2D eigenvalue weighted by molar-refractivity contribution is 5.59. The van der Waals surface area contributed by atoms with Gasteiger partial charge in [0.1, 0.15) is 11.5 Å². The Balaban J connectivity index is 1.94. The summed E-state index contributed by atoms with van der Waals surface area (Å²) in [4.78, 5) is 0. The molecule has 0 radical (unpaired) electrons. The predicted molar refractivity (Wildman–Crippen MR) is 66.6 cm³/mol. The Morgan fingerprint density at radius 1 is 1.39 bits per heavy atom. The van der Waals surface area contributed by atoms with E-state index in [0.29, 0.717) is 11.3 Å². The quantitative estimate of drug-likeness (QED) is 0.884. The lowest BCUT2D eigenvalue weighted by Crippen LogP contribution is -2.12. The molecule has 0 saturated carbocycles. The Bertz CT molecular complexity index is 559. The Morgan fingerprint density at radius 2 is 2.28 bits per heavy atom. The van der Waals surface area contributed by atoms with Crippen molar-refractivity contribution in [1.82, 2.24) is 10.5 Å². The fraction of sp³-hybridized carbons (Fsp3) is 0.357. The Kier molecular flexibility index (Phi) is 2.88. The zero-order valence-corrected chi connectivity index (χ0v) is 10.2. The van der Waals surface area contributed by atoms with Crippen molar-refractivity contribution in [3.8, 4) is 11.3 Å². The van der Waals surface area contributed by atoms with E-state index >= 15 is 0 Å². The number of benzene rings is 1. The number of halogens is 1. The maximum atomic E-state index is 13.7. The molecule has 18 heavy (non-hydrogen) atoms. The van der Waals surface area contributed by atoms with Gasteiger partial charge in [0, 0.05) is 6.07 Å². The van der Waals surface area contributed by atoms with Crippen molar-refractivity contribution in [3.63, 3.8) is 0 Å². The van der Waals surface area contributed by atoms with Gasteiger partial charge in [0.2, 0.25) is 0 Å². The van der Waals surface area contributed by atoms with Gasteiger partial charge in [-0.05, 0) is 38.4 Å². The highest BCUT2D eigenvalue weighted by Crippen LogP contribution is 2.29. The van der Waals surface area contributed by atoms with Crippen LogP contribution < -0.4 is 5.32 Å². The SMILES string of the molecule is Cc1ccc(F)c(-c2cc([C@H]3CCCN3)no2)c1. The fourth-order valence-electron chi connectivity index (χ4n) is 2.34. The minimum absolute atomic E-state index is 0.246. The Morgan fingerprint density at radius 3 is 3.06 bits per heavy atom. The second-order valence-corrected chi connectivity index (χ2v) is 4.75. The van der Waals surface area contributed by atoms with Crippen molar-refractivity contribution in [2.45, 2.75) is 25.8 Å². The van der Waals surface area contributed by atoms with E-state index in [1.54, 1.807) is 12.1 Å². The molecular weight excluding hydrogens is 231 g/mol. The molecule has 0 unspecified atom stereocenters. The van der Waals surface area contributed by atoms with E-state index in [2.05, 4.69) is 10.5 Å². The van der Waals surface area contributed by atoms with E-state index in [1.165, 1.54) is 6.07 Å². The monoisotopic (exact) mass is 246 g/mol. The van der Waals surface area contributed by atoms with E-state index in [4.69, 9.17) is 4.52 Å². The van der Waals surface area contributed by atoms with Gasteiger partial charge in [-0.1, -0.05) is 16.8 Å². The number of nitrogens with zero attached hydrogens (tertiary/aromatic N) is 1. The highest BCUT2D eigenvalue weighted by atomic mass is 19.1. The smallest absolute Gasteiger partial charge is 0.170 e. The van der Waals surface area contributed by atoms with E-state index in [-0.39, 0.29) is 11.9 Å². The molecule has 2 aromatic rings. The molecular formula is C14H15FN2O. The van der Waals surface area contributed by atoms with Gasteiger partial charge in [-0.25, -0.2) is 4.39 Å². The van der Waals surface area contributed by atoms with Gasteiger partial charge in [-0.2, -0.15) is 0 Å². The van der Waals surface area contributed by atoms with Crippen LogP contribution in [0.1, 0.15) is 30.1 Å². The molecule has 2 heterocycles. The Hall–Kier alpha value is -1.68. The van der Waals surface area contributed by atoms with Gasteiger partial charge in [0.25, 0.3) is 0 Å². The van der Waals surface area contributed by atoms with Crippen molar-refractivity contribution in [2.24, 2.45) is 0 Å². The molecule has 1 saturated heterocycles. The topological polar surface area (TPSA) is 38.1 Å². The third kappa shape index (κ3) is 2.04. The van der Waals surface area contributed by atoms with Crippen molar-refractivity contribution in [2.75, 3.05) is 6.54 Å². The second-order valence-electron chi connectivity index (χ2n) is 4.75. The van der Waals surface area contributed by atoms with Crippen molar-refractivity contribution in [1.29, 1.82) is 0 Å². The summed E-state index contributed by atoms with van der Waals surface area (Å²) < 4.78 is 19.0. The first-order valence-corrected chi connectivity index (χ1v) is 6.20. The third-order valence-corrected chi connectivity index (χ3v) is 3.33. The number of aromatic nitrogens is 1. The lowest BCUT2D eigenvalue weighted by atomic mass is 10.1. The molecule has 1 aromatic carbocycles. The van der Waals surface area contributed by atoms with Gasteiger partial charge < -0.3 is 9.84 Å². The number of aryl methyl sites for hydroxylation is 1. The van der Waals surface area contributed by atoms with Gasteiger partial charge in [-0.15, -0.1) is 0 Å². The third-order valence-electron chi connectivity index (χ3n) is 3.33. The van der Waals surface area contributed by atoms with Crippen LogP contribution in [0, 0.1) is 12.7 Å². The van der Waals surface area contributed by atoms with Crippen LogP contribution in [0.3, 0.4) is 0 Å². The van der Waals surface area contributed by atoms with Crippen LogP contribution >= 0.6 is 0 Å². The summed E-state index contributed by atoms with van der Waals surface area (Å²) in [5, 5.41) is 7.39. The number of nitrogens with one attached hydrogen (secondary N) is 1. The highest BCUT2D eigenvalue weighted by Gasteiger charge is 2.21. The zero-order valence-electron chi connectivity index (χ0n) is 10.2. The van der Waals surface area contributed by atoms with E-state index in [1.807, 2.05) is 13.0 Å². The molecule has 0 aliphatic carbocycles. The van der Waals surface area contributed by atoms with Gasteiger partial charge in [-0.3, -0.25) is 0 Å². The number of hydrogen-bond acceptors (Lipinski definition) is 3. The maximum Gasteiger partial charge on any atom is 0.170 e. The average molecular weight is 246 g/mol. The minimum atomic E-state index is -0.275. The minimum Gasteiger partial charge on any atom is -0.356 e. The molecule has 3 rings (SSSR count). The van der Waals surface area contributed by atoms with E-state index in [0.717, 1.165) is 30.6 Å². The van der Waals surface area contributed by atoms with Crippen LogP contribution in [0.5, 0.6) is 0 Å². The molecule has 94 valence electrons. The molecule has 4 heteroatoms. The van der Waals surface area contributed by atoms with E-state index in [9.17, 15) is 4.39 Å². The Labute approximate surface area is 105 Å². The van der Waals surface area contributed by atoms with Crippen LogP contribution in [0.2, 0.25) is 0 Å². The van der Waals surface area contributed by atoms with Crippen LogP contribution in [0.25, 0.3) is 11.3 Å². The van der Waals surface area contributed by atoms with Crippen LogP contribution in [0.4, 0.5) is 4.39 Å². The lowest BCUT2D eigenvalue weighted by Gasteiger charge is -2.03. The van der Waals surface area contributed by atoms with E-state index < -0.39 is 0 Å². The standard InChI is InChI=1S/C14H15FN2O/c1-9-4-5-11(15)10(7-9)14-8-13(17-18-14)12-3-2-6-16-12/h4-5,7-8,12,16H,2-3,6H2,1H3/t12-/m1/s1. The van der Waals surface area contributed by atoms with Gasteiger partial charge in [0.15, 0.2) is 5.76 Å². The normalized spacial score (nSPS) is 19.3. The van der Waals surface area contributed by atoms with Crippen LogP contribution in [-0.4, -0.2) is 11.7 Å². The van der Waals surface area contributed by atoms with Crippen molar-refractivity contribution in [3.05, 3.63) is 41.3 Å². The molecule has 1 aliphatic heterocycles. The first-order chi connectivity index (χ1) is 8.74. The maximum absolute atomic E-state index is 13.7. The summed E-state index contributed by atoms with van der Waals surface area (Å²) in [5.41, 5.74) is 2.35. The summed E-state index contributed by atoms with van der Waals surface area (Å²) in [5.74, 6) is 0.225. The van der Waals surface area contributed by atoms with Crippen LogP contribution in [-0.2, 0) is 0 Å². The molecule has 1 fully saturated rings. The fourth-order valence-corrected chi connectivity index (χ4v) is 2.34. The predicted octanol–water partition coefficient (Wildman–Crippen LogP) is 3.21. The molecule has 1 aromatic heterocycles. The molecule has 1 atom stereocenters. The second kappa shape index (κ2) is 4.53. The summed E-state index contributed by atoms with van der Waals surface area (Å²) >= 11 is 0. The number of hydrogen-bond donors (Lipinski definition) is 1. The first-order valence-electron chi connectivity index (χ1n) is 6.20. The molecule has 0 spiro atoms. The van der Waals surface area contributed by atoms with Crippen molar-refractivity contribution < 1.29 is 8.91 Å².